The molecule has 0 aliphatic heterocycles. The van der Waals surface area contributed by atoms with Crippen molar-refractivity contribution in [2.24, 2.45) is 0 Å². The van der Waals surface area contributed by atoms with Crippen LogP contribution in [-0.4, -0.2) is 4.98 Å². The zero-order chi connectivity index (χ0) is 11.9. The van der Waals surface area contributed by atoms with Crippen LogP contribution >= 0.6 is 23.2 Å². The number of fused-ring (bicyclic) bond motifs is 1. The Labute approximate surface area is 99.0 Å². The molecular formula is C10H2Cl2F2N2. The first-order chi connectivity index (χ1) is 7.54. The molecule has 0 N–H and O–H groups in total. The van der Waals surface area contributed by atoms with Crippen molar-refractivity contribution in [3.63, 3.8) is 0 Å². The Morgan fingerprint density at radius 1 is 1.19 bits per heavy atom. The van der Waals surface area contributed by atoms with E-state index in [1.165, 1.54) is 0 Å². The quantitative estimate of drug-likeness (QED) is 0.676. The highest BCUT2D eigenvalue weighted by molar-refractivity contribution is 6.39. The summed E-state index contributed by atoms with van der Waals surface area (Å²) in [6.45, 7) is 0. The van der Waals surface area contributed by atoms with Crippen molar-refractivity contribution in [3.05, 3.63) is 39.5 Å². The van der Waals surface area contributed by atoms with Crippen molar-refractivity contribution in [2.45, 2.75) is 0 Å². The van der Waals surface area contributed by atoms with Gasteiger partial charge in [0.1, 0.15) is 16.8 Å². The molecule has 2 rings (SSSR count). The molecule has 1 aromatic carbocycles. The number of hydrogen-bond acceptors (Lipinski definition) is 2. The first kappa shape index (κ1) is 11.1. The zero-order valence-corrected chi connectivity index (χ0v) is 9.07. The standard InChI is InChI=1S/C10H2Cl2F2N2/c11-9-4-1-6(13)7(14)2-8(4)16-10(12)5(9)3-15/h1-2H. The third-order valence-electron chi connectivity index (χ3n) is 2.03. The van der Waals surface area contributed by atoms with Gasteiger partial charge in [-0.3, -0.25) is 0 Å². The molecule has 0 unspecified atom stereocenters. The Balaban J connectivity index is 2.95. The van der Waals surface area contributed by atoms with Crippen LogP contribution in [0.15, 0.2) is 12.1 Å². The van der Waals surface area contributed by atoms with E-state index in [1.54, 1.807) is 6.07 Å². The maximum atomic E-state index is 13.0. The lowest BCUT2D eigenvalue weighted by atomic mass is 10.1. The second kappa shape index (κ2) is 3.85. The summed E-state index contributed by atoms with van der Waals surface area (Å²) < 4.78 is 25.9. The molecule has 6 heteroatoms. The normalized spacial score (nSPS) is 10.4. The highest BCUT2D eigenvalue weighted by atomic mass is 35.5. The number of nitrogens with zero attached hydrogens (tertiary/aromatic N) is 2. The minimum atomic E-state index is -1.05. The van der Waals surface area contributed by atoms with Crippen molar-refractivity contribution < 1.29 is 8.78 Å². The average Bonchev–Trinajstić information content (AvgIpc) is 2.22. The number of pyridine rings is 1. The van der Waals surface area contributed by atoms with E-state index >= 15 is 0 Å². The van der Waals surface area contributed by atoms with Crippen molar-refractivity contribution in [2.75, 3.05) is 0 Å². The molecule has 80 valence electrons. The van der Waals surface area contributed by atoms with Gasteiger partial charge in [-0.2, -0.15) is 5.26 Å². The summed E-state index contributed by atoms with van der Waals surface area (Å²) >= 11 is 11.5. The molecule has 0 spiro atoms. The van der Waals surface area contributed by atoms with Gasteiger partial charge >= 0.3 is 0 Å². The summed E-state index contributed by atoms with van der Waals surface area (Å²) in [4.78, 5) is 3.76. The molecule has 0 aliphatic carbocycles. The van der Waals surface area contributed by atoms with Crippen LogP contribution in [0.3, 0.4) is 0 Å². The van der Waals surface area contributed by atoms with Gasteiger partial charge in [-0.1, -0.05) is 23.2 Å². The highest BCUT2D eigenvalue weighted by Crippen LogP contribution is 2.31. The minimum Gasteiger partial charge on any atom is -0.234 e. The SMILES string of the molecule is N#Cc1c(Cl)nc2cc(F)c(F)cc2c1Cl. The van der Waals surface area contributed by atoms with Gasteiger partial charge < -0.3 is 0 Å². The maximum absolute atomic E-state index is 13.0. The monoisotopic (exact) mass is 258 g/mol. The van der Waals surface area contributed by atoms with Crippen LogP contribution in [0.1, 0.15) is 5.56 Å². The summed E-state index contributed by atoms with van der Waals surface area (Å²) in [5.41, 5.74) is 0.0507. The molecule has 0 atom stereocenters. The van der Waals surface area contributed by atoms with Crippen molar-refractivity contribution in [1.29, 1.82) is 5.26 Å². The minimum absolute atomic E-state index is 0.0311. The van der Waals surface area contributed by atoms with Gasteiger partial charge in [-0.15, -0.1) is 0 Å². The summed E-state index contributed by atoms with van der Waals surface area (Å²) in [5, 5.41) is 8.75. The van der Waals surface area contributed by atoms with Gasteiger partial charge in [0.15, 0.2) is 11.6 Å². The second-order valence-corrected chi connectivity index (χ2v) is 3.72. The lowest BCUT2D eigenvalue weighted by molar-refractivity contribution is 0.510. The van der Waals surface area contributed by atoms with Gasteiger partial charge in [0, 0.05) is 11.5 Å². The van der Waals surface area contributed by atoms with Gasteiger partial charge in [-0.25, -0.2) is 13.8 Å². The largest absolute Gasteiger partial charge is 0.234 e. The third kappa shape index (κ3) is 1.58. The zero-order valence-electron chi connectivity index (χ0n) is 7.56. The predicted molar refractivity (Wildman–Crippen MR) is 56.4 cm³/mol. The number of rotatable bonds is 0. The first-order valence-corrected chi connectivity index (χ1v) is 4.84. The molecule has 0 saturated carbocycles. The summed E-state index contributed by atoms with van der Waals surface area (Å²) in [5.74, 6) is -2.10. The van der Waals surface area contributed by atoms with Gasteiger partial charge in [0.05, 0.1) is 10.5 Å². The van der Waals surface area contributed by atoms with E-state index in [2.05, 4.69) is 4.98 Å². The van der Waals surface area contributed by atoms with Crippen molar-refractivity contribution in [1.82, 2.24) is 4.98 Å². The fourth-order valence-corrected chi connectivity index (χ4v) is 1.85. The molecule has 1 heterocycles. The van der Waals surface area contributed by atoms with Gasteiger partial charge in [0.25, 0.3) is 0 Å². The van der Waals surface area contributed by atoms with E-state index in [4.69, 9.17) is 28.5 Å². The van der Waals surface area contributed by atoms with Crippen LogP contribution < -0.4 is 0 Å². The van der Waals surface area contributed by atoms with Crippen LogP contribution in [0.4, 0.5) is 8.78 Å². The summed E-state index contributed by atoms with van der Waals surface area (Å²) in [7, 11) is 0. The first-order valence-electron chi connectivity index (χ1n) is 4.08. The third-order valence-corrected chi connectivity index (χ3v) is 2.70. The Bertz CT molecular complexity index is 635. The molecule has 2 nitrogen and oxygen atoms in total. The Morgan fingerprint density at radius 3 is 2.44 bits per heavy atom. The van der Waals surface area contributed by atoms with E-state index < -0.39 is 11.6 Å². The number of hydrogen-bond donors (Lipinski definition) is 0. The lowest BCUT2D eigenvalue weighted by Gasteiger charge is -2.04. The van der Waals surface area contributed by atoms with E-state index in [0.29, 0.717) is 0 Å². The fourth-order valence-electron chi connectivity index (χ4n) is 1.29. The van der Waals surface area contributed by atoms with Gasteiger partial charge in [-0.05, 0) is 6.07 Å². The van der Waals surface area contributed by atoms with Gasteiger partial charge in [0.2, 0.25) is 0 Å². The number of nitriles is 1. The highest BCUT2D eigenvalue weighted by Gasteiger charge is 2.14. The Morgan fingerprint density at radius 2 is 1.81 bits per heavy atom. The number of halogens is 4. The summed E-state index contributed by atoms with van der Waals surface area (Å²) in [6, 6.07) is 3.51. The molecule has 1 aromatic heterocycles. The maximum Gasteiger partial charge on any atom is 0.161 e. The topological polar surface area (TPSA) is 36.7 Å². The van der Waals surface area contributed by atoms with E-state index in [0.717, 1.165) is 12.1 Å². The van der Waals surface area contributed by atoms with E-state index in [9.17, 15) is 8.78 Å². The van der Waals surface area contributed by atoms with Crippen molar-refractivity contribution in [3.8, 4) is 6.07 Å². The lowest BCUT2D eigenvalue weighted by Crippen LogP contribution is -1.92. The van der Waals surface area contributed by atoms with Crippen LogP contribution in [0.25, 0.3) is 10.9 Å². The number of benzene rings is 1. The van der Waals surface area contributed by atoms with Crippen molar-refractivity contribution >= 4 is 34.1 Å². The van der Waals surface area contributed by atoms with E-state index in [-0.39, 0.29) is 26.6 Å². The molecule has 0 bridgehead atoms. The van der Waals surface area contributed by atoms with Crippen LogP contribution in [0.5, 0.6) is 0 Å². The molecule has 2 aromatic rings. The molecule has 0 aliphatic rings. The fraction of sp³-hybridized carbons (Fsp3) is 0. The van der Waals surface area contributed by atoms with Crippen LogP contribution in [-0.2, 0) is 0 Å². The van der Waals surface area contributed by atoms with E-state index in [1.807, 2.05) is 0 Å². The predicted octanol–water partition coefficient (Wildman–Crippen LogP) is 3.69. The average molecular weight is 259 g/mol. The molecule has 0 fully saturated rings. The summed E-state index contributed by atoms with van der Waals surface area (Å²) in [6.07, 6.45) is 0. The number of aromatic nitrogens is 1. The molecular weight excluding hydrogens is 257 g/mol. The Kier molecular flexibility index (Phi) is 2.66. The molecule has 0 saturated heterocycles. The smallest absolute Gasteiger partial charge is 0.161 e. The Hall–Kier alpha value is -1.44. The molecule has 16 heavy (non-hydrogen) atoms. The molecule has 0 radical (unpaired) electrons. The second-order valence-electron chi connectivity index (χ2n) is 2.99. The van der Waals surface area contributed by atoms with Crippen LogP contribution in [0.2, 0.25) is 10.2 Å². The molecule has 0 amide bonds. The van der Waals surface area contributed by atoms with Crippen LogP contribution in [0, 0.1) is 23.0 Å².